The van der Waals surface area contributed by atoms with E-state index in [2.05, 4.69) is 0 Å². The Kier molecular flexibility index (Phi) is 3.26. The lowest BCUT2D eigenvalue weighted by Gasteiger charge is -2.48. The van der Waals surface area contributed by atoms with E-state index in [1.165, 1.54) is 12.1 Å². The van der Waals surface area contributed by atoms with Crippen LogP contribution in [0, 0.1) is 5.41 Å². The second-order valence-corrected chi connectivity index (χ2v) is 5.68. The van der Waals surface area contributed by atoms with Crippen LogP contribution in [-0.4, -0.2) is 11.5 Å². The third-order valence-electron chi connectivity index (χ3n) is 3.52. The predicted octanol–water partition coefficient (Wildman–Crippen LogP) is 4.49. The van der Waals surface area contributed by atoms with E-state index in [1.807, 2.05) is 13.8 Å². The quantitative estimate of drug-likeness (QED) is 0.724. The highest BCUT2D eigenvalue weighted by molar-refractivity contribution is 6.21. The molecule has 0 N–H and O–H groups in total. The molecule has 2 rings (SSSR count). The molecule has 0 radical (unpaired) electrons. The molecule has 1 fully saturated rings. The first-order chi connectivity index (χ1) is 8.21. The van der Waals surface area contributed by atoms with Crippen LogP contribution < -0.4 is 4.74 Å². The minimum Gasteiger partial charge on any atom is -0.490 e. The van der Waals surface area contributed by atoms with Crippen molar-refractivity contribution in [2.45, 2.75) is 37.9 Å². The van der Waals surface area contributed by atoms with Crippen LogP contribution in [0.3, 0.4) is 0 Å². The number of alkyl halides is 4. The van der Waals surface area contributed by atoms with Gasteiger partial charge in [0.2, 0.25) is 0 Å². The standard InChI is InChI=1S/C13H14ClF3O/c1-12(2)10(14)7-11(12)18-9-5-3-8(4-6-9)13(15,16)17/h3-6,10-11H,7H2,1-2H3. The zero-order valence-electron chi connectivity index (χ0n) is 10.1. The van der Waals surface area contributed by atoms with Crippen molar-refractivity contribution in [2.24, 2.45) is 5.41 Å². The Bertz CT molecular complexity index is 425. The fourth-order valence-corrected chi connectivity index (χ4v) is 2.23. The molecule has 1 aliphatic carbocycles. The molecule has 0 amide bonds. The summed E-state index contributed by atoms with van der Waals surface area (Å²) in [5.74, 6) is 0.449. The van der Waals surface area contributed by atoms with E-state index in [1.54, 1.807) is 0 Å². The Morgan fingerprint density at radius 3 is 2.17 bits per heavy atom. The molecule has 0 aliphatic heterocycles. The number of hydrogen-bond acceptors (Lipinski definition) is 1. The molecule has 18 heavy (non-hydrogen) atoms. The maximum Gasteiger partial charge on any atom is 0.416 e. The summed E-state index contributed by atoms with van der Waals surface area (Å²) in [6.45, 7) is 3.98. The highest BCUT2D eigenvalue weighted by Gasteiger charge is 2.49. The molecule has 0 aromatic heterocycles. The van der Waals surface area contributed by atoms with Gasteiger partial charge in [-0.1, -0.05) is 13.8 Å². The topological polar surface area (TPSA) is 9.23 Å². The van der Waals surface area contributed by atoms with Gasteiger partial charge in [-0.05, 0) is 24.3 Å². The van der Waals surface area contributed by atoms with Gasteiger partial charge in [0.1, 0.15) is 11.9 Å². The highest BCUT2D eigenvalue weighted by atomic mass is 35.5. The van der Waals surface area contributed by atoms with Gasteiger partial charge in [-0.25, -0.2) is 0 Å². The molecule has 1 aromatic carbocycles. The first-order valence-corrected chi connectivity index (χ1v) is 6.13. The molecule has 1 saturated carbocycles. The minimum absolute atomic E-state index is 0.0447. The predicted molar refractivity (Wildman–Crippen MR) is 63.9 cm³/mol. The third-order valence-corrected chi connectivity index (χ3v) is 4.26. The van der Waals surface area contributed by atoms with Gasteiger partial charge in [-0.2, -0.15) is 13.2 Å². The van der Waals surface area contributed by atoms with Gasteiger partial charge >= 0.3 is 6.18 Å². The van der Waals surface area contributed by atoms with Crippen LogP contribution >= 0.6 is 11.6 Å². The molecule has 0 spiro atoms. The van der Waals surface area contributed by atoms with E-state index in [9.17, 15) is 13.2 Å². The first-order valence-electron chi connectivity index (χ1n) is 5.69. The number of halogens is 4. The lowest BCUT2D eigenvalue weighted by atomic mass is 9.68. The minimum atomic E-state index is -4.31. The van der Waals surface area contributed by atoms with Gasteiger partial charge in [0.25, 0.3) is 0 Å². The van der Waals surface area contributed by atoms with Gasteiger partial charge in [0, 0.05) is 17.2 Å². The van der Waals surface area contributed by atoms with Crippen molar-refractivity contribution >= 4 is 11.6 Å². The Morgan fingerprint density at radius 1 is 1.22 bits per heavy atom. The van der Waals surface area contributed by atoms with Crippen molar-refractivity contribution in [3.05, 3.63) is 29.8 Å². The summed E-state index contributed by atoms with van der Waals surface area (Å²) in [5, 5.41) is 0.0527. The van der Waals surface area contributed by atoms with Crippen LogP contribution in [0.25, 0.3) is 0 Å². The normalized spacial score (nSPS) is 26.6. The summed E-state index contributed by atoms with van der Waals surface area (Å²) < 4.78 is 42.8. The van der Waals surface area contributed by atoms with Gasteiger partial charge < -0.3 is 4.74 Å². The molecule has 0 bridgehead atoms. The Hall–Kier alpha value is -0.900. The van der Waals surface area contributed by atoms with Crippen LogP contribution in [0.2, 0.25) is 0 Å². The van der Waals surface area contributed by atoms with Crippen LogP contribution in [0.5, 0.6) is 5.75 Å². The van der Waals surface area contributed by atoms with Crippen molar-refractivity contribution in [3.8, 4) is 5.75 Å². The molecular formula is C13H14ClF3O. The summed E-state index contributed by atoms with van der Waals surface area (Å²) in [5.41, 5.74) is -0.817. The second-order valence-electron chi connectivity index (χ2n) is 5.15. The van der Waals surface area contributed by atoms with Gasteiger partial charge in [-0.15, -0.1) is 11.6 Å². The van der Waals surface area contributed by atoms with Crippen LogP contribution in [0.15, 0.2) is 24.3 Å². The zero-order valence-corrected chi connectivity index (χ0v) is 10.8. The van der Waals surface area contributed by atoms with Crippen LogP contribution in [0.4, 0.5) is 13.2 Å². The average Bonchev–Trinajstić information content (AvgIpc) is 2.28. The van der Waals surface area contributed by atoms with Gasteiger partial charge in [-0.3, -0.25) is 0 Å². The molecule has 2 atom stereocenters. The molecule has 1 nitrogen and oxygen atoms in total. The number of rotatable bonds is 2. The Labute approximate surface area is 109 Å². The van der Waals surface area contributed by atoms with E-state index in [0.717, 1.165) is 18.6 Å². The monoisotopic (exact) mass is 278 g/mol. The second kappa shape index (κ2) is 4.34. The molecule has 1 aliphatic rings. The molecule has 5 heteroatoms. The number of hydrogen-bond donors (Lipinski definition) is 0. The maximum atomic E-state index is 12.4. The largest absolute Gasteiger partial charge is 0.490 e. The van der Waals surface area contributed by atoms with Crippen LogP contribution in [-0.2, 0) is 6.18 Å². The lowest BCUT2D eigenvalue weighted by molar-refractivity contribution is -0.137. The molecule has 0 saturated heterocycles. The van der Waals surface area contributed by atoms with E-state index in [0.29, 0.717) is 5.75 Å². The number of ether oxygens (including phenoxy) is 1. The maximum absolute atomic E-state index is 12.4. The van der Waals surface area contributed by atoms with E-state index >= 15 is 0 Å². The fourth-order valence-electron chi connectivity index (χ4n) is 1.92. The summed E-state index contributed by atoms with van der Waals surface area (Å²) in [6.07, 6.45) is -3.64. The lowest BCUT2D eigenvalue weighted by Crippen LogP contribution is -2.53. The summed E-state index contributed by atoms with van der Waals surface area (Å²) in [4.78, 5) is 0. The fraction of sp³-hybridized carbons (Fsp3) is 0.538. The number of benzene rings is 1. The van der Waals surface area contributed by atoms with E-state index < -0.39 is 11.7 Å². The molecule has 100 valence electrons. The highest BCUT2D eigenvalue weighted by Crippen LogP contribution is 2.46. The smallest absolute Gasteiger partial charge is 0.416 e. The Balaban J connectivity index is 2.04. The van der Waals surface area contributed by atoms with Crippen molar-refractivity contribution in [1.29, 1.82) is 0 Å². The van der Waals surface area contributed by atoms with E-state index in [-0.39, 0.29) is 16.9 Å². The third kappa shape index (κ3) is 2.44. The molecule has 0 heterocycles. The summed E-state index contributed by atoms with van der Waals surface area (Å²) >= 11 is 6.06. The Morgan fingerprint density at radius 2 is 1.78 bits per heavy atom. The zero-order chi connectivity index (χ0) is 13.6. The van der Waals surface area contributed by atoms with Crippen LogP contribution in [0.1, 0.15) is 25.8 Å². The van der Waals surface area contributed by atoms with Crippen molar-refractivity contribution in [3.63, 3.8) is 0 Å². The van der Waals surface area contributed by atoms with Crippen molar-refractivity contribution < 1.29 is 17.9 Å². The van der Waals surface area contributed by atoms with Gasteiger partial charge in [0.05, 0.1) is 5.56 Å². The molecule has 1 aromatic rings. The average molecular weight is 279 g/mol. The van der Waals surface area contributed by atoms with Gasteiger partial charge in [0.15, 0.2) is 0 Å². The van der Waals surface area contributed by atoms with Crippen molar-refractivity contribution in [2.75, 3.05) is 0 Å². The molecular weight excluding hydrogens is 265 g/mol. The SMILES string of the molecule is CC1(C)C(Cl)CC1Oc1ccc(C(F)(F)F)cc1. The van der Waals surface area contributed by atoms with E-state index in [4.69, 9.17) is 16.3 Å². The first kappa shape index (κ1) is 13.5. The van der Waals surface area contributed by atoms with Crippen molar-refractivity contribution in [1.82, 2.24) is 0 Å². The molecule has 2 unspecified atom stereocenters. The summed E-state index contributed by atoms with van der Waals surface area (Å²) in [6, 6.07) is 4.75. The summed E-state index contributed by atoms with van der Waals surface area (Å²) in [7, 11) is 0.